The lowest BCUT2D eigenvalue weighted by Crippen LogP contribution is -2.43. The first kappa shape index (κ1) is 30.7. The summed E-state index contributed by atoms with van der Waals surface area (Å²) in [7, 11) is 0. The van der Waals surface area contributed by atoms with Crippen LogP contribution in [0.25, 0.3) is 22.0 Å². The summed E-state index contributed by atoms with van der Waals surface area (Å²) in [4.78, 5) is 29.4. The number of aliphatic carboxylic acids is 1. The molecule has 5 rings (SSSR count). The number of nitrogens with one attached hydrogen (secondary N) is 2. The molecule has 0 radical (unpaired) electrons. The van der Waals surface area contributed by atoms with Crippen molar-refractivity contribution in [1.29, 1.82) is 5.26 Å². The van der Waals surface area contributed by atoms with Gasteiger partial charge in [-0.3, -0.25) is 9.78 Å². The summed E-state index contributed by atoms with van der Waals surface area (Å²) in [6.07, 6.45) is -2.80. The van der Waals surface area contributed by atoms with Gasteiger partial charge in [0.2, 0.25) is 0 Å². The minimum atomic E-state index is -4.65. The maximum Gasteiger partial charge on any atom is 0.408 e. The molecule has 0 bridgehead atoms. The van der Waals surface area contributed by atoms with Gasteiger partial charge in [-0.1, -0.05) is 35.9 Å². The smallest absolute Gasteiger partial charge is 0.408 e. The van der Waals surface area contributed by atoms with E-state index in [1.165, 1.54) is 12.3 Å². The number of carboxylic acid groups (broad SMARTS) is 1. The lowest BCUT2D eigenvalue weighted by Gasteiger charge is -2.23. The number of anilines is 1. The van der Waals surface area contributed by atoms with Crippen molar-refractivity contribution >= 4 is 40.1 Å². The lowest BCUT2D eigenvalue weighted by molar-refractivity contribution is -0.146. The van der Waals surface area contributed by atoms with Crippen molar-refractivity contribution in [3.8, 4) is 17.2 Å². The van der Waals surface area contributed by atoms with Crippen molar-refractivity contribution in [3.63, 3.8) is 0 Å². The van der Waals surface area contributed by atoms with E-state index in [9.17, 15) is 36.6 Å². The second-order valence-electron chi connectivity index (χ2n) is 10.4. The van der Waals surface area contributed by atoms with Gasteiger partial charge in [-0.05, 0) is 54.7 Å². The Morgan fingerprint density at radius 3 is 2.34 bits per heavy atom. The normalized spacial score (nSPS) is 14.5. The Kier molecular flexibility index (Phi) is 8.43. The van der Waals surface area contributed by atoms with Crippen molar-refractivity contribution < 1.29 is 36.6 Å². The molecule has 4 aromatic rings. The molecule has 0 spiro atoms. The van der Waals surface area contributed by atoms with Crippen LogP contribution in [0.15, 0.2) is 60.8 Å². The standard InChI is InChI=1S/C31H22ClF5N4O3/c32-22-10-15(14-38)3-7-20(22)21-8-6-17(19-2-1-9-39-27(19)21)11-25(30(43)44)41-29(42)26-23(33)12-18(13-24(26)34)40-28(16-4-5-16)31(35,36)37/h1-3,6-10,12-13,16,25,28,40H,4-5,11H2,(H,41,42)(H,43,44)/t25-,28+/m0/s1. The number of alkyl halides is 3. The molecule has 1 aromatic heterocycles. The summed E-state index contributed by atoms with van der Waals surface area (Å²) in [6, 6.07) is 10.8. The highest BCUT2D eigenvalue weighted by atomic mass is 35.5. The third-order valence-corrected chi connectivity index (χ3v) is 7.63. The molecule has 2 atom stereocenters. The number of benzene rings is 3. The van der Waals surface area contributed by atoms with Gasteiger partial charge < -0.3 is 15.7 Å². The number of fused-ring (bicyclic) bond motifs is 1. The van der Waals surface area contributed by atoms with Crippen LogP contribution in [0.5, 0.6) is 0 Å². The SMILES string of the molecule is N#Cc1ccc(-c2ccc(C[C@H](NC(=O)c3c(F)cc(N[C@H](C4CC4)C(F)(F)F)cc3F)C(=O)O)c3cccnc23)c(Cl)c1. The summed E-state index contributed by atoms with van der Waals surface area (Å²) >= 11 is 6.40. The van der Waals surface area contributed by atoms with Crippen LogP contribution in [-0.4, -0.2) is 40.2 Å². The molecule has 0 saturated heterocycles. The number of rotatable bonds is 9. The fourth-order valence-corrected chi connectivity index (χ4v) is 5.31. The van der Waals surface area contributed by atoms with Crippen LogP contribution in [0.1, 0.15) is 34.3 Å². The first-order chi connectivity index (χ1) is 20.9. The molecule has 1 aliphatic rings. The number of hydrogen-bond acceptors (Lipinski definition) is 5. The third kappa shape index (κ3) is 6.43. The predicted molar refractivity (Wildman–Crippen MR) is 152 cm³/mol. The highest BCUT2D eigenvalue weighted by Crippen LogP contribution is 2.42. The fraction of sp³-hybridized carbons (Fsp3) is 0.226. The van der Waals surface area contributed by atoms with Crippen molar-refractivity contribution in [3.05, 3.63) is 94.1 Å². The van der Waals surface area contributed by atoms with Crippen LogP contribution in [-0.2, 0) is 11.2 Å². The first-order valence-electron chi connectivity index (χ1n) is 13.3. The van der Waals surface area contributed by atoms with Crippen molar-refractivity contribution in [1.82, 2.24) is 10.3 Å². The third-order valence-electron chi connectivity index (χ3n) is 7.31. The van der Waals surface area contributed by atoms with E-state index in [1.54, 1.807) is 36.4 Å². The predicted octanol–water partition coefficient (Wildman–Crippen LogP) is 6.88. The number of halogens is 6. The van der Waals surface area contributed by atoms with E-state index < -0.39 is 58.9 Å². The van der Waals surface area contributed by atoms with Crippen LogP contribution >= 0.6 is 11.6 Å². The van der Waals surface area contributed by atoms with Gasteiger partial charge in [0.15, 0.2) is 0 Å². The molecule has 7 nitrogen and oxygen atoms in total. The van der Waals surface area contributed by atoms with Crippen LogP contribution < -0.4 is 10.6 Å². The summed E-state index contributed by atoms with van der Waals surface area (Å²) in [6.45, 7) is 0. The van der Waals surface area contributed by atoms with E-state index in [2.05, 4.69) is 15.6 Å². The maximum atomic E-state index is 14.9. The lowest BCUT2D eigenvalue weighted by atomic mass is 9.94. The highest BCUT2D eigenvalue weighted by molar-refractivity contribution is 6.33. The highest BCUT2D eigenvalue weighted by Gasteiger charge is 2.49. The Morgan fingerprint density at radius 1 is 1.07 bits per heavy atom. The summed E-state index contributed by atoms with van der Waals surface area (Å²) < 4.78 is 69.9. The molecule has 1 aliphatic carbocycles. The van der Waals surface area contributed by atoms with E-state index in [1.807, 2.05) is 6.07 Å². The number of hydrogen-bond donors (Lipinski definition) is 3. The summed E-state index contributed by atoms with van der Waals surface area (Å²) in [5.41, 5.74) is 0.795. The van der Waals surface area contributed by atoms with Crippen molar-refractivity contribution in [2.24, 2.45) is 5.92 Å². The van der Waals surface area contributed by atoms with Gasteiger partial charge in [0.25, 0.3) is 5.91 Å². The molecule has 0 aliphatic heterocycles. The summed E-state index contributed by atoms with van der Waals surface area (Å²) in [5, 5.41) is 24.0. The number of amides is 1. The van der Waals surface area contributed by atoms with Gasteiger partial charge in [-0.25, -0.2) is 13.6 Å². The zero-order chi connectivity index (χ0) is 31.8. The number of carbonyl (C=O) groups is 2. The fourth-order valence-electron chi connectivity index (χ4n) is 5.03. The molecule has 226 valence electrons. The van der Waals surface area contributed by atoms with Crippen LogP contribution in [0.4, 0.5) is 27.6 Å². The molecule has 44 heavy (non-hydrogen) atoms. The quantitative estimate of drug-likeness (QED) is 0.174. The van der Waals surface area contributed by atoms with Crippen molar-refractivity contribution in [2.75, 3.05) is 5.32 Å². The minimum absolute atomic E-state index is 0.297. The molecule has 1 fully saturated rings. The minimum Gasteiger partial charge on any atom is -0.480 e. The maximum absolute atomic E-state index is 14.9. The van der Waals surface area contributed by atoms with Crippen LogP contribution in [0, 0.1) is 28.9 Å². The Morgan fingerprint density at radius 2 is 1.75 bits per heavy atom. The van der Waals surface area contributed by atoms with Gasteiger partial charge in [0, 0.05) is 39.8 Å². The molecule has 3 N–H and O–H groups in total. The second-order valence-corrected chi connectivity index (χ2v) is 10.8. The van der Waals surface area contributed by atoms with Crippen LogP contribution in [0.3, 0.4) is 0 Å². The summed E-state index contributed by atoms with van der Waals surface area (Å²) in [5.74, 6) is -6.52. The van der Waals surface area contributed by atoms with Gasteiger partial charge in [-0.2, -0.15) is 18.4 Å². The van der Waals surface area contributed by atoms with E-state index >= 15 is 0 Å². The topological polar surface area (TPSA) is 115 Å². The van der Waals surface area contributed by atoms with E-state index in [4.69, 9.17) is 16.9 Å². The number of aromatic nitrogens is 1. The molecule has 1 amide bonds. The molecule has 0 unspecified atom stereocenters. The van der Waals surface area contributed by atoms with Gasteiger partial charge >= 0.3 is 12.1 Å². The Bertz CT molecular complexity index is 1800. The van der Waals surface area contributed by atoms with Crippen molar-refractivity contribution in [2.45, 2.75) is 37.5 Å². The van der Waals surface area contributed by atoms with E-state index in [0.29, 0.717) is 63.2 Å². The van der Waals surface area contributed by atoms with Crippen LogP contribution in [0.2, 0.25) is 5.02 Å². The number of pyridine rings is 1. The molecular formula is C31H22ClF5N4O3. The number of carbonyl (C=O) groups excluding carboxylic acids is 1. The Hall–Kier alpha value is -4.76. The second kappa shape index (κ2) is 12.1. The monoisotopic (exact) mass is 628 g/mol. The first-order valence-corrected chi connectivity index (χ1v) is 13.7. The van der Waals surface area contributed by atoms with Gasteiger partial charge in [0.05, 0.1) is 17.1 Å². The average molecular weight is 629 g/mol. The van der Waals surface area contributed by atoms with Gasteiger partial charge in [0.1, 0.15) is 29.3 Å². The Balaban J connectivity index is 1.40. The van der Waals surface area contributed by atoms with E-state index in [-0.39, 0.29) is 6.42 Å². The average Bonchev–Trinajstić information content (AvgIpc) is 3.80. The Labute approximate surface area is 252 Å². The zero-order valence-corrected chi connectivity index (χ0v) is 23.3. The molecular weight excluding hydrogens is 607 g/mol. The molecule has 1 heterocycles. The van der Waals surface area contributed by atoms with E-state index in [0.717, 1.165) is 0 Å². The van der Waals surface area contributed by atoms with Gasteiger partial charge in [-0.15, -0.1) is 0 Å². The zero-order valence-electron chi connectivity index (χ0n) is 22.6. The largest absolute Gasteiger partial charge is 0.480 e. The molecule has 13 heteroatoms. The molecule has 1 saturated carbocycles. The molecule has 3 aromatic carbocycles. The number of nitrogens with zero attached hydrogens (tertiary/aromatic N) is 2. The number of carboxylic acids is 1. The number of nitriles is 1.